The lowest BCUT2D eigenvalue weighted by atomic mass is 9.98. The summed E-state index contributed by atoms with van der Waals surface area (Å²) in [5, 5.41) is 11.1. The van der Waals surface area contributed by atoms with E-state index in [9.17, 15) is 9.59 Å². The number of aromatic nitrogens is 3. The van der Waals surface area contributed by atoms with Crippen LogP contribution >= 0.6 is 0 Å². The minimum Gasteiger partial charge on any atom is -0.345 e. The van der Waals surface area contributed by atoms with Gasteiger partial charge in [0.1, 0.15) is 5.82 Å². The molecule has 0 saturated heterocycles. The molecule has 1 N–H and O–H groups in total. The van der Waals surface area contributed by atoms with Gasteiger partial charge in [-0.2, -0.15) is 0 Å². The maximum absolute atomic E-state index is 12.8. The fourth-order valence-corrected chi connectivity index (χ4v) is 3.22. The predicted molar refractivity (Wildman–Crippen MR) is 95.8 cm³/mol. The summed E-state index contributed by atoms with van der Waals surface area (Å²) in [6.07, 6.45) is 1.98. The van der Waals surface area contributed by atoms with Gasteiger partial charge in [-0.05, 0) is 12.5 Å². The van der Waals surface area contributed by atoms with Crippen LogP contribution in [0.2, 0.25) is 0 Å². The van der Waals surface area contributed by atoms with Gasteiger partial charge in [0.15, 0.2) is 11.6 Å². The van der Waals surface area contributed by atoms with Gasteiger partial charge in [0.25, 0.3) is 5.91 Å². The second kappa shape index (κ2) is 6.92. The molecule has 130 valence electrons. The van der Waals surface area contributed by atoms with Gasteiger partial charge in [0.05, 0.1) is 12.1 Å². The summed E-state index contributed by atoms with van der Waals surface area (Å²) >= 11 is 0. The molecule has 2 heterocycles. The molecule has 1 aliphatic rings. The number of aryl methyl sites for hydroxylation is 1. The average Bonchev–Trinajstić information content (AvgIpc) is 3.30. The van der Waals surface area contributed by atoms with E-state index < -0.39 is 0 Å². The number of nitrogens with one attached hydrogen (secondary N) is 1. The highest BCUT2D eigenvalue weighted by Gasteiger charge is 2.20. The van der Waals surface area contributed by atoms with Gasteiger partial charge >= 0.3 is 0 Å². The molecule has 6 nitrogen and oxygen atoms in total. The highest BCUT2D eigenvalue weighted by Crippen LogP contribution is 2.16. The molecule has 3 aromatic rings. The van der Waals surface area contributed by atoms with E-state index >= 15 is 0 Å². The van der Waals surface area contributed by atoms with Crippen molar-refractivity contribution in [1.29, 1.82) is 0 Å². The Kier molecular flexibility index (Phi) is 4.31. The van der Waals surface area contributed by atoms with E-state index in [0.29, 0.717) is 23.2 Å². The van der Waals surface area contributed by atoms with Gasteiger partial charge in [-0.25, -0.2) is 0 Å². The number of carbonyl (C=O) groups excluding carboxylic acids is 2. The molecule has 0 unspecified atom stereocenters. The Labute approximate surface area is 150 Å². The molecule has 26 heavy (non-hydrogen) atoms. The van der Waals surface area contributed by atoms with Crippen LogP contribution in [0, 0.1) is 0 Å². The smallest absolute Gasteiger partial charge is 0.252 e. The number of benzene rings is 2. The molecule has 1 aliphatic heterocycles. The maximum Gasteiger partial charge on any atom is 0.252 e. The quantitative estimate of drug-likeness (QED) is 0.720. The summed E-state index contributed by atoms with van der Waals surface area (Å²) in [5.74, 6) is 1.26. The highest BCUT2D eigenvalue weighted by molar-refractivity contribution is 6.15. The van der Waals surface area contributed by atoms with Gasteiger partial charge in [0.2, 0.25) is 0 Å². The highest BCUT2D eigenvalue weighted by atomic mass is 16.2. The fourth-order valence-electron chi connectivity index (χ4n) is 3.22. The molecular weight excluding hydrogens is 328 g/mol. The molecule has 6 heteroatoms. The third-order valence-corrected chi connectivity index (χ3v) is 4.55. The molecule has 0 saturated carbocycles. The topological polar surface area (TPSA) is 76.9 Å². The average molecular weight is 346 g/mol. The van der Waals surface area contributed by atoms with Gasteiger partial charge in [-0.3, -0.25) is 9.59 Å². The zero-order valence-electron chi connectivity index (χ0n) is 14.2. The van der Waals surface area contributed by atoms with Crippen LogP contribution in [0.25, 0.3) is 0 Å². The van der Waals surface area contributed by atoms with E-state index in [1.807, 2.05) is 22.8 Å². The maximum atomic E-state index is 12.8. The fraction of sp³-hybridized carbons (Fsp3) is 0.200. The van der Waals surface area contributed by atoms with Gasteiger partial charge in [0, 0.05) is 24.1 Å². The minimum absolute atomic E-state index is 0.167. The number of carbonyl (C=O) groups is 2. The lowest BCUT2D eigenvalue weighted by Gasteiger charge is -2.10. The van der Waals surface area contributed by atoms with Gasteiger partial charge < -0.3 is 9.88 Å². The monoisotopic (exact) mass is 346 g/mol. The molecule has 0 atom stereocenters. The zero-order valence-corrected chi connectivity index (χ0v) is 14.2. The second-order valence-corrected chi connectivity index (χ2v) is 6.21. The number of amides is 1. The molecule has 1 amide bonds. The first-order valence-corrected chi connectivity index (χ1v) is 8.62. The van der Waals surface area contributed by atoms with E-state index in [-0.39, 0.29) is 11.7 Å². The number of hydrogen-bond donors (Lipinski definition) is 1. The molecule has 0 bridgehead atoms. The van der Waals surface area contributed by atoms with Crippen molar-refractivity contribution in [3.05, 3.63) is 82.9 Å². The van der Waals surface area contributed by atoms with E-state index in [4.69, 9.17) is 0 Å². The molecule has 4 rings (SSSR count). The number of nitrogens with zero attached hydrogens (tertiary/aromatic N) is 3. The molecule has 0 aliphatic carbocycles. The van der Waals surface area contributed by atoms with Crippen LogP contribution in [0.15, 0.2) is 54.6 Å². The van der Waals surface area contributed by atoms with E-state index in [1.165, 1.54) is 0 Å². The summed E-state index contributed by atoms with van der Waals surface area (Å²) in [4.78, 5) is 25.4. The Hall–Kier alpha value is -3.28. The minimum atomic E-state index is -0.291. The Balaban J connectivity index is 1.54. The SMILES string of the molecule is O=C(NCc1nnc2n1CCC2)c1ccccc1C(=O)c1ccccc1. The van der Waals surface area contributed by atoms with Crippen molar-refractivity contribution < 1.29 is 9.59 Å². The second-order valence-electron chi connectivity index (χ2n) is 6.21. The summed E-state index contributed by atoms with van der Waals surface area (Å²) in [5.41, 5.74) is 1.31. The van der Waals surface area contributed by atoms with E-state index in [0.717, 1.165) is 31.0 Å². The van der Waals surface area contributed by atoms with Crippen molar-refractivity contribution in [1.82, 2.24) is 20.1 Å². The standard InChI is InChI=1S/C20H18N4O2/c25-19(14-7-2-1-3-8-14)15-9-4-5-10-16(15)20(26)21-13-18-23-22-17-11-6-12-24(17)18/h1-5,7-10H,6,11-13H2,(H,21,26). The number of fused-ring (bicyclic) bond motifs is 1. The number of ketones is 1. The Morgan fingerprint density at radius 2 is 1.69 bits per heavy atom. The molecule has 0 radical (unpaired) electrons. The first kappa shape index (κ1) is 16.2. The third-order valence-electron chi connectivity index (χ3n) is 4.55. The van der Waals surface area contributed by atoms with Crippen LogP contribution in [0.4, 0.5) is 0 Å². The Morgan fingerprint density at radius 3 is 2.50 bits per heavy atom. The van der Waals surface area contributed by atoms with Crippen molar-refractivity contribution in [2.24, 2.45) is 0 Å². The lowest BCUT2D eigenvalue weighted by Crippen LogP contribution is -2.26. The molecule has 1 aromatic heterocycles. The molecule has 2 aromatic carbocycles. The zero-order chi connectivity index (χ0) is 17.9. The van der Waals surface area contributed by atoms with Gasteiger partial charge in [-0.15, -0.1) is 10.2 Å². The Bertz CT molecular complexity index is 963. The van der Waals surface area contributed by atoms with Crippen LogP contribution in [0.5, 0.6) is 0 Å². The van der Waals surface area contributed by atoms with E-state index in [2.05, 4.69) is 15.5 Å². The summed E-state index contributed by atoms with van der Waals surface area (Å²) in [6.45, 7) is 1.18. The lowest BCUT2D eigenvalue weighted by molar-refractivity contribution is 0.0938. The number of hydrogen-bond acceptors (Lipinski definition) is 4. The predicted octanol–water partition coefficient (Wildman–Crippen LogP) is 2.39. The van der Waals surface area contributed by atoms with Crippen LogP contribution in [0.1, 0.15) is 44.3 Å². The Morgan fingerprint density at radius 1 is 0.962 bits per heavy atom. The van der Waals surface area contributed by atoms with E-state index in [1.54, 1.807) is 36.4 Å². The van der Waals surface area contributed by atoms with Crippen LogP contribution < -0.4 is 5.32 Å². The van der Waals surface area contributed by atoms with Gasteiger partial charge in [-0.1, -0.05) is 48.5 Å². The number of rotatable bonds is 5. The largest absolute Gasteiger partial charge is 0.345 e. The summed E-state index contributed by atoms with van der Waals surface area (Å²) in [7, 11) is 0. The summed E-state index contributed by atoms with van der Waals surface area (Å²) in [6, 6.07) is 15.8. The van der Waals surface area contributed by atoms with Crippen molar-refractivity contribution >= 4 is 11.7 Å². The van der Waals surface area contributed by atoms with Crippen LogP contribution in [-0.4, -0.2) is 26.5 Å². The molecule has 0 fully saturated rings. The van der Waals surface area contributed by atoms with Crippen molar-refractivity contribution in [2.75, 3.05) is 0 Å². The van der Waals surface area contributed by atoms with Crippen molar-refractivity contribution in [2.45, 2.75) is 25.9 Å². The first-order valence-electron chi connectivity index (χ1n) is 8.62. The van der Waals surface area contributed by atoms with Crippen molar-refractivity contribution in [3.8, 4) is 0 Å². The first-order chi connectivity index (χ1) is 12.7. The normalized spacial score (nSPS) is 12.6. The van der Waals surface area contributed by atoms with Crippen LogP contribution in [0.3, 0.4) is 0 Å². The van der Waals surface area contributed by atoms with Crippen molar-refractivity contribution in [3.63, 3.8) is 0 Å². The summed E-state index contributed by atoms with van der Waals surface area (Å²) < 4.78 is 2.04. The third kappa shape index (κ3) is 3.01. The molecular formula is C20H18N4O2. The molecule has 0 spiro atoms. The van der Waals surface area contributed by atoms with Crippen LogP contribution in [-0.2, 0) is 19.5 Å².